The fourth-order valence-electron chi connectivity index (χ4n) is 2.10. The Bertz CT molecular complexity index is 639. The lowest BCUT2D eigenvalue weighted by molar-refractivity contribution is -0.153. The minimum absolute atomic E-state index is 0.136. The zero-order valence-corrected chi connectivity index (χ0v) is 12.1. The molecule has 0 radical (unpaired) electrons. The van der Waals surface area contributed by atoms with Gasteiger partial charge in [0.15, 0.2) is 6.61 Å². The van der Waals surface area contributed by atoms with E-state index in [0.29, 0.717) is 11.3 Å². The van der Waals surface area contributed by atoms with Crippen LogP contribution in [0.5, 0.6) is 5.75 Å². The lowest BCUT2D eigenvalue weighted by atomic mass is 10.0. The Labute approximate surface area is 121 Å². The second kappa shape index (κ2) is 5.79. The summed E-state index contributed by atoms with van der Waals surface area (Å²) < 4.78 is 41.8. The van der Waals surface area contributed by atoms with E-state index in [4.69, 9.17) is 4.74 Å². The van der Waals surface area contributed by atoms with Crippen LogP contribution in [0.15, 0.2) is 24.3 Å². The molecule has 6 heteroatoms. The molecule has 0 saturated carbocycles. The van der Waals surface area contributed by atoms with Gasteiger partial charge in [0.1, 0.15) is 17.1 Å². The van der Waals surface area contributed by atoms with Crippen LogP contribution in [-0.2, 0) is 0 Å². The number of fused-ring (bicyclic) bond motifs is 1. The molecule has 0 aliphatic rings. The summed E-state index contributed by atoms with van der Waals surface area (Å²) in [5, 5.41) is 3.74. The monoisotopic (exact) mass is 298 g/mol. The lowest BCUT2D eigenvalue weighted by Crippen LogP contribution is -2.19. The molecule has 1 N–H and O–H groups in total. The first-order chi connectivity index (χ1) is 9.81. The molecule has 0 aliphatic carbocycles. The fourth-order valence-corrected chi connectivity index (χ4v) is 2.10. The number of nitrogens with zero attached hydrogens (tertiary/aromatic N) is 1. The zero-order valence-electron chi connectivity index (χ0n) is 12.1. The van der Waals surface area contributed by atoms with Gasteiger partial charge in [-0.2, -0.15) is 13.2 Å². The number of pyridine rings is 1. The second-order valence-electron chi connectivity index (χ2n) is 5.06. The smallest absolute Gasteiger partial charge is 0.422 e. The molecule has 0 spiro atoms. The summed E-state index contributed by atoms with van der Waals surface area (Å²) in [6, 6.07) is 6.90. The highest BCUT2D eigenvalue weighted by atomic mass is 19.4. The van der Waals surface area contributed by atoms with E-state index < -0.39 is 12.8 Å². The molecule has 2 aromatic rings. The molecule has 2 rings (SSSR count). The van der Waals surface area contributed by atoms with Gasteiger partial charge in [0.05, 0.1) is 0 Å². The number of alkyl halides is 3. The predicted octanol–water partition coefficient (Wildman–Crippen LogP) is 4.34. The third-order valence-electron chi connectivity index (χ3n) is 3.09. The molecule has 0 amide bonds. The van der Waals surface area contributed by atoms with Crippen molar-refractivity contribution in [2.75, 3.05) is 19.0 Å². The molecule has 3 nitrogen and oxygen atoms in total. The Hall–Kier alpha value is -1.98. The first kappa shape index (κ1) is 15.4. The van der Waals surface area contributed by atoms with Crippen LogP contribution >= 0.6 is 0 Å². The van der Waals surface area contributed by atoms with E-state index in [1.54, 1.807) is 13.1 Å². The van der Waals surface area contributed by atoms with Crippen molar-refractivity contribution in [2.45, 2.75) is 25.9 Å². The summed E-state index contributed by atoms with van der Waals surface area (Å²) in [5.74, 6) is 1.04. The fraction of sp³-hybridized carbons (Fsp3) is 0.400. The van der Waals surface area contributed by atoms with Crippen LogP contribution in [0.2, 0.25) is 0 Å². The largest absolute Gasteiger partial charge is 0.482 e. The van der Waals surface area contributed by atoms with Gasteiger partial charge < -0.3 is 10.1 Å². The normalized spacial score (nSPS) is 12.0. The molecule has 1 aromatic carbocycles. The molecule has 1 heterocycles. The summed E-state index contributed by atoms with van der Waals surface area (Å²) in [6.07, 6.45) is -4.37. The maximum absolute atomic E-state index is 12.3. The molecule has 114 valence electrons. The molecule has 0 aliphatic heterocycles. The van der Waals surface area contributed by atoms with E-state index in [0.717, 1.165) is 10.9 Å². The van der Waals surface area contributed by atoms with Crippen molar-refractivity contribution in [1.82, 2.24) is 4.98 Å². The van der Waals surface area contributed by atoms with Crippen LogP contribution in [-0.4, -0.2) is 24.8 Å². The lowest BCUT2D eigenvalue weighted by Gasteiger charge is -2.15. The highest BCUT2D eigenvalue weighted by Gasteiger charge is 2.28. The van der Waals surface area contributed by atoms with E-state index in [-0.39, 0.29) is 11.7 Å². The van der Waals surface area contributed by atoms with Crippen molar-refractivity contribution < 1.29 is 17.9 Å². The topological polar surface area (TPSA) is 34.2 Å². The highest BCUT2D eigenvalue weighted by molar-refractivity contribution is 5.87. The number of nitrogens with one attached hydrogen (secondary N) is 1. The summed E-state index contributed by atoms with van der Waals surface area (Å²) in [6.45, 7) is 2.75. The number of hydrogen-bond acceptors (Lipinski definition) is 3. The van der Waals surface area contributed by atoms with E-state index in [9.17, 15) is 13.2 Å². The average Bonchev–Trinajstić information content (AvgIpc) is 2.42. The maximum atomic E-state index is 12.3. The second-order valence-corrected chi connectivity index (χ2v) is 5.06. The third kappa shape index (κ3) is 3.56. The average molecular weight is 298 g/mol. The van der Waals surface area contributed by atoms with E-state index in [1.807, 2.05) is 26.0 Å². The van der Waals surface area contributed by atoms with Gasteiger partial charge in [-0.05, 0) is 23.6 Å². The Kier molecular flexibility index (Phi) is 4.25. The summed E-state index contributed by atoms with van der Waals surface area (Å²) in [7, 11) is 1.74. The Morgan fingerprint density at radius 1 is 1.29 bits per heavy atom. The molecule has 21 heavy (non-hydrogen) atoms. The first-order valence-electron chi connectivity index (χ1n) is 6.63. The maximum Gasteiger partial charge on any atom is 0.422 e. The van der Waals surface area contributed by atoms with Gasteiger partial charge in [-0.25, -0.2) is 4.98 Å². The van der Waals surface area contributed by atoms with Crippen molar-refractivity contribution in [3.05, 3.63) is 29.8 Å². The SMILES string of the molecule is CNc1nc2c(OCC(F)(F)F)cccc2cc1C(C)C. The molecular formula is C15H17F3N2O. The van der Waals surface area contributed by atoms with Gasteiger partial charge in [0.25, 0.3) is 0 Å². The van der Waals surface area contributed by atoms with Gasteiger partial charge in [0.2, 0.25) is 0 Å². The number of hydrogen-bond donors (Lipinski definition) is 1. The van der Waals surface area contributed by atoms with Gasteiger partial charge in [-0.3, -0.25) is 0 Å². The van der Waals surface area contributed by atoms with Crippen LogP contribution in [0.3, 0.4) is 0 Å². The van der Waals surface area contributed by atoms with Crippen molar-refractivity contribution in [2.24, 2.45) is 0 Å². The van der Waals surface area contributed by atoms with Crippen molar-refractivity contribution >= 4 is 16.7 Å². The summed E-state index contributed by atoms with van der Waals surface area (Å²) >= 11 is 0. The minimum Gasteiger partial charge on any atom is -0.482 e. The minimum atomic E-state index is -4.37. The number of rotatable bonds is 4. The van der Waals surface area contributed by atoms with Gasteiger partial charge >= 0.3 is 6.18 Å². The molecule has 0 fully saturated rings. The van der Waals surface area contributed by atoms with Crippen molar-refractivity contribution in [3.63, 3.8) is 0 Å². The third-order valence-corrected chi connectivity index (χ3v) is 3.09. The molecule has 0 bridgehead atoms. The van der Waals surface area contributed by atoms with Crippen LogP contribution < -0.4 is 10.1 Å². The number of para-hydroxylation sites is 1. The Morgan fingerprint density at radius 3 is 2.57 bits per heavy atom. The number of anilines is 1. The van der Waals surface area contributed by atoms with E-state index in [2.05, 4.69) is 10.3 Å². The molecule has 1 aromatic heterocycles. The van der Waals surface area contributed by atoms with Crippen molar-refractivity contribution in [1.29, 1.82) is 0 Å². The van der Waals surface area contributed by atoms with Gasteiger partial charge in [0, 0.05) is 12.4 Å². The number of benzene rings is 1. The predicted molar refractivity (Wildman–Crippen MR) is 76.9 cm³/mol. The summed E-state index contributed by atoms with van der Waals surface area (Å²) in [4.78, 5) is 4.41. The van der Waals surface area contributed by atoms with Crippen LogP contribution in [0.1, 0.15) is 25.3 Å². The molecule has 0 saturated heterocycles. The number of halogens is 3. The van der Waals surface area contributed by atoms with E-state index in [1.165, 1.54) is 6.07 Å². The number of ether oxygens (including phenoxy) is 1. The van der Waals surface area contributed by atoms with Crippen LogP contribution in [0.4, 0.5) is 19.0 Å². The van der Waals surface area contributed by atoms with E-state index >= 15 is 0 Å². The standard InChI is InChI=1S/C15H17F3N2O/c1-9(2)11-7-10-5-4-6-12(21-8-15(16,17)18)13(10)20-14(11)19-3/h4-7,9H,8H2,1-3H3,(H,19,20). The number of aromatic nitrogens is 1. The highest BCUT2D eigenvalue weighted by Crippen LogP contribution is 2.31. The van der Waals surface area contributed by atoms with Gasteiger partial charge in [-0.15, -0.1) is 0 Å². The van der Waals surface area contributed by atoms with Crippen molar-refractivity contribution in [3.8, 4) is 5.75 Å². The molecular weight excluding hydrogens is 281 g/mol. The summed E-state index contributed by atoms with van der Waals surface area (Å²) in [5.41, 5.74) is 1.44. The Morgan fingerprint density at radius 2 is 2.00 bits per heavy atom. The Balaban J connectivity index is 2.49. The van der Waals surface area contributed by atoms with Crippen LogP contribution in [0.25, 0.3) is 10.9 Å². The van der Waals surface area contributed by atoms with Crippen LogP contribution in [0, 0.1) is 0 Å². The molecule has 0 atom stereocenters. The molecule has 0 unspecified atom stereocenters. The first-order valence-corrected chi connectivity index (χ1v) is 6.63. The van der Waals surface area contributed by atoms with Gasteiger partial charge in [-0.1, -0.05) is 26.0 Å². The zero-order chi connectivity index (χ0) is 15.6. The quantitative estimate of drug-likeness (QED) is 0.911.